The Hall–Kier alpha value is -0.0500. The molecule has 0 bridgehead atoms. The van der Waals surface area contributed by atoms with Crippen molar-refractivity contribution in [3.8, 4) is 0 Å². The number of hydrogen-bond donors (Lipinski definition) is 0. The van der Waals surface area contributed by atoms with Gasteiger partial charge in [-0.25, -0.2) is 0 Å². The Labute approximate surface area is 63.9 Å². The lowest BCUT2D eigenvalue weighted by atomic mass is 10.1. The molecule has 0 spiro atoms. The standard InChI is InChI=1S/C6H11BrNO/c1-5(2-3-7)4-6(8)9/h5,8H,2-4H2,1H3. The number of amides is 1. The van der Waals surface area contributed by atoms with E-state index in [0.29, 0.717) is 12.3 Å². The van der Waals surface area contributed by atoms with E-state index >= 15 is 0 Å². The molecule has 1 N–H and O–H groups in total. The van der Waals surface area contributed by atoms with Crippen LogP contribution in [-0.2, 0) is 4.79 Å². The van der Waals surface area contributed by atoms with Gasteiger partial charge >= 0.3 is 0 Å². The zero-order valence-electron chi connectivity index (χ0n) is 5.48. The van der Waals surface area contributed by atoms with Crippen LogP contribution < -0.4 is 5.73 Å². The Balaban J connectivity index is 3.26. The van der Waals surface area contributed by atoms with Crippen LogP contribution in [0.4, 0.5) is 0 Å². The average Bonchev–Trinajstić information content (AvgIpc) is 1.63. The summed E-state index contributed by atoms with van der Waals surface area (Å²) in [6.45, 7) is 1.98. The van der Waals surface area contributed by atoms with Crippen molar-refractivity contribution in [3.05, 3.63) is 0 Å². The number of nitrogens with one attached hydrogen (secondary N) is 1. The molecule has 9 heavy (non-hydrogen) atoms. The first-order chi connectivity index (χ1) is 4.16. The van der Waals surface area contributed by atoms with Crippen molar-refractivity contribution in [1.82, 2.24) is 5.73 Å². The lowest BCUT2D eigenvalue weighted by molar-refractivity contribution is -0.119. The molecule has 1 unspecified atom stereocenters. The monoisotopic (exact) mass is 192 g/mol. The van der Waals surface area contributed by atoms with E-state index in [9.17, 15) is 4.79 Å². The summed E-state index contributed by atoms with van der Waals surface area (Å²) in [6, 6.07) is 0. The summed E-state index contributed by atoms with van der Waals surface area (Å²) in [6.07, 6.45) is 1.37. The van der Waals surface area contributed by atoms with Gasteiger partial charge < -0.3 is 0 Å². The topological polar surface area (TPSA) is 40.9 Å². The molecular weight excluding hydrogens is 182 g/mol. The van der Waals surface area contributed by atoms with Crippen molar-refractivity contribution in [1.29, 1.82) is 0 Å². The highest BCUT2D eigenvalue weighted by atomic mass is 79.9. The second-order valence-corrected chi connectivity index (χ2v) is 3.00. The van der Waals surface area contributed by atoms with Crippen LogP contribution in [0.3, 0.4) is 0 Å². The maximum absolute atomic E-state index is 10.2. The van der Waals surface area contributed by atoms with Gasteiger partial charge in [-0.3, -0.25) is 10.5 Å². The van der Waals surface area contributed by atoms with Crippen LogP contribution in [0.25, 0.3) is 0 Å². The van der Waals surface area contributed by atoms with Crippen molar-refractivity contribution < 1.29 is 4.79 Å². The fraction of sp³-hybridized carbons (Fsp3) is 0.833. The van der Waals surface area contributed by atoms with Gasteiger partial charge in [0, 0.05) is 11.8 Å². The van der Waals surface area contributed by atoms with E-state index in [1.165, 1.54) is 0 Å². The highest BCUT2D eigenvalue weighted by Crippen LogP contribution is 2.07. The van der Waals surface area contributed by atoms with Crippen molar-refractivity contribution in [3.63, 3.8) is 0 Å². The molecular formula is C6H11BrNO. The van der Waals surface area contributed by atoms with Crippen molar-refractivity contribution in [2.45, 2.75) is 19.8 Å². The van der Waals surface area contributed by atoms with Crippen LogP contribution in [0.2, 0.25) is 0 Å². The minimum atomic E-state index is -0.455. The summed E-state index contributed by atoms with van der Waals surface area (Å²) in [5, 5.41) is 0.918. The maximum atomic E-state index is 10.2. The van der Waals surface area contributed by atoms with Crippen molar-refractivity contribution in [2.24, 2.45) is 5.92 Å². The summed E-state index contributed by atoms with van der Waals surface area (Å²) in [5.74, 6) is -0.0992. The minimum absolute atomic E-state index is 0.356. The Kier molecular flexibility index (Phi) is 4.77. The van der Waals surface area contributed by atoms with Gasteiger partial charge in [0.1, 0.15) is 0 Å². The van der Waals surface area contributed by atoms with E-state index < -0.39 is 5.91 Å². The van der Waals surface area contributed by atoms with E-state index in [0.717, 1.165) is 11.8 Å². The van der Waals surface area contributed by atoms with Gasteiger partial charge in [0.25, 0.3) is 0 Å². The van der Waals surface area contributed by atoms with Gasteiger partial charge in [0.05, 0.1) is 0 Å². The molecule has 0 aliphatic heterocycles. The molecule has 53 valence electrons. The Morgan fingerprint density at radius 1 is 1.78 bits per heavy atom. The van der Waals surface area contributed by atoms with Crippen molar-refractivity contribution >= 4 is 21.8 Å². The molecule has 3 heteroatoms. The second kappa shape index (κ2) is 4.79. The van der Waals surface area contributed by atoms with Crippen molar-refractivity contribution in [2.75, 3.05) is 5.33 Å². The lowest BCUT2D eigenvalue weighted by Gasteiger charge is -2.03. The summed E-state index contributed by atoms with van der Waals surface area (Å²) >= 11 is 3.27. The number of carbonyl (C=O) groups is 1. The van der Waals surface area contributed by atoms with Gasteiger partial charge in [-0.1, -0.05) is 22.9 Å². The Morgan fingerprint density at radius 3 is 2.67 bits per heavy atom. The molecule has 2 nitrogen and oxygen atoms in total. The molecule has 0 fully saturated rings. The molecule has 0 rings (SSSR count). The Morgan fingerprint density at radius 2 is 2.33 bits per heavy atom. The molecule has 1 atom stereocenters. The zero-order valence-corrected chi connectivity index (χ0v) is 7.07. The number of alkyl halides is 1. The maximum Gasteiger partial charge on any atom is 0.238 e. The minimum Gasteiger partial charge on any atom is -0.273 e. The van der Waals surface area contributed by atoms with Gasteiger partial charge in [-0.2, -0.15) is 0 Å². The van der Waals surface area contributed by atoms with Gasteiger partial charge in [0.15, 0.2) is 0 Å². The molecule has 0 saturated heterocycles. The van der Waals surface area contributed by atoms with E-state index in [1.807, 2.05) is 6.92 Å². The second-order valence-electron chi connectivity index (χ2n) is 2.21. The first-order valence-electron chi connectivity index (χ1n) is 2.97. The zero-order chi connectivity index (χ0) is 7.28. The van der Waals surface area contributed by atoms with Crippen LogP contribution >= 0.6 is 15.9 Å². The summed E-state index contributed by atoms with van der Waals surface area (Å²) < 4.78 is 0. The fourth-order valence-electron chi connectivity index (χ4n) is 0.605. The van der Waals surface area contributed by atoms with Crippen LogP contribution in [0.5, 0.6) is 0 Å². The number of hydrogen-bond acceptors (Lipinski definition) is 1. The van der Waals surface area contributed by atoms with Crippen LogP contribution in [-0.4, -0.2) is 11.2 Å². The van der Waals surface area contributed by atoms with Crippen LogP contribution in [0.1, 0.15) is 19.8 Å². The van der Waals surface area contributed by atoms with Crippen LogP contribution in [0.15, 0.2) is 0 Å². The molecule has 0 saturated carbocycles. The summed E-state index contributed by atoms with van der Waals surface area (Å²) in [4.78, 5) is 10.2. The molecule has 0 aromatic heterocycles. The van der Waals surface area contributed by atoms with E-state index in [1.54, 1.807) is 0 Å². The average molecular weight is 193 g/mol. The summed E-state index contributed by atoms with van der Waals surface area (Å²) in [5.41, 5.74) is 6.63. The first-order valence-corrected chi connectivity index (χ1v) is 4.09. The van der Waals surface area contributed by atoms with Gasteiger partial charge in [0.2, 0.25) is 5.91 Å². The van der Waals surface area contributed by atoms with Gasteiger partial charge in [-0.05, 0) is 12.3 Å². The number of halogens is 1. The first kappa shape index (κ1) is 8.95. The third-order valence-electron chi connectivity index (χ3n) is 1.14. The molecule has 0 heterocycles. The third kappa shape index (κ3) is 5.83. The Bertz CT molecular complexity index is 95.1. The quantitative estimate of drug-likeness (QED) is 0.625. The third-order valence-corrected chi connectivity index (χ3v) is 1.59. The molecule has 0 aliphatic rings. The smallest absolute Gasteiger partial charge is 0.238 e. The van der Waals surface area contributed by atoms with E-state index in [-0.39, 0.29) is 0 Å². The van der Waals surface area contributed by atoms with E-state index in [4.69, 9.17) is 5.73 Å². The van der Waals surface area contributed by atoms with E-state index in [2.05, 4.69) is 15.9 Å². The molecule has 1 radical (unpaired) electrons. The van der Waals surface area contributed by atoms with Gasteiger partial charge in [-0.15, -0.1) is 0 Å². The predicted molar refractivity (Wildman–Crippen MR) is 40.3 cm³/mol. The van der Waals surface area contributed by atoms with Crippen LogP contribution in [0, 0.1) is 5.92 Å². The lowest BCUT2D eigenvalue weighted by Crippen LogP contribution is -2.05. The number of rotatable bonds is 4. The fourth-order valence-corrected chi connectivity index (χ4v) is 1.39. The molecule has 0 aromatic rings. The molecule has 1 amide bonds. The SMILES string of the molecule is CC(CCBr)CC([NH])=O. The largest absolute Gasteiger partial charge is 0.273 e. The summed E-state index contributed by atoms with van der Waals surface area (Å²) in [7, 11) is 0. The molecule has 0 aromatic carbocycles. The number of carbonyl (C=O) groups excluding carboxylic acids is 1. The highest BCUT2D eigenvalue weighted by molar-refractivity contribution is 9.09. The molecule has 0 aliphatic carbocycles. The highest BCUT2D eigenvalue weighted by Gasteiger charge is 2.04. The normalized spacial score (nSPS) is 13.1. The predicted octanol–water partition coefficient (Wildman–Crippen LogP) is 1.61.